The molecule has 0 aliphatic rings. The van der Waals surface area contributed by atoms with Crippen LogP contribution in [0.5, 0.6) is 5.75 Å². The van der Waals surface area contributed by atoms with Crippen molar-refractivity contribution in [1.82, 2.24) is 0 Å². The number of benzene rings is 4. The summed E-state index contributed by atoms with van der Waals surface area (Å²) >= 11 is 0. The molecule has 7 heteroatoms. The smallest absolute Gasteiger partial charge is 0.359 e. The molecule has 0 spiro atoms. The molecule has 0 radical (unpaired) electrons. The maximum Gasteiger partial charge on any atom is 0.359 e. The Morgan fingerprint density at radius 2 is 1.29 bits per heavy atom. The Balaban J connectivity index is 1.88. The Kier molecular flexibility index (Phi) is 8.98. The minimum atomic E-state index is -4.39. The van der Waals surface area contributed by atoms with Gasteiger partial charge < -0.3 is 4.74 Å². The van der Waals surface area contributed by atoms with Crippen molar-refractivity contribution < 1.29 is 22.2 Å². The fourth-order valence-electron chi connectivity index (χ4n) is 4.90. The predicted molar refractivity (Wildman–Crippen MR) is 165 cm³/mol. The van der Waals surface area contributed by atoms with Crippen molar-refractivity contribution in [3.05, 3.63) is 107 Å². The molecule has 0 heterocycles. The van der Waals surface area contributed by atoms with Crippen LogP contribution in [-0.2, 0) is 14.4 Å². The van der Waals surface area contributed by atoms with Crippen LogP contribution in [0.4, 0.5) is 0 Å². The van der Waals surface area contributed by atoms with Gasteiger partial charge in [0.15, 0.2) is 5.71 Å². The zero-order chi connectivity index (χ0) is 29.9. The standard InChI is InChI=1S/C34H37NO5S/c1-21(2)25-19-29(22(3)4)34(30(20-25)23(5)6)41(37,38)40-35-32(24-13-9-8-10-14-24)33(36)28-17-18-31(39-7)27-16-12-11-15-26(27)28/h8-23H,1-7H3/b35-32+. The van der Waals surface area contributed by atoms with Crippen LogP contribution in [0.25, 0.3) is 10.8 Å². The number of oxime groups is 1. The van der Waals surface area contributed by atoms with E-state index in [9.17, 15) is 13.2 Å². The van der Waals surface area contributed by atoms with Crippen LogP contribution in [0.15, 0.2) is 88.9 Å². The van der Waals surface area contributed by atoms with E-state index in [-0.39, 0.29) is 28.4 Å². The highest BCUT2D eigenvalue weighted by molar-refractivity contribution is 7.86. The number of carbonyl (C=O) groups is 1. The van der Waals surface area contributed by atoms with E-state index in [0.29, 0.717) is 33.4 Å². The van der Waals surface area contributed by atoms with Crippen LogP contribution in [0.1, 0.15) is 91.9 Å². The van der Waals surface area contributed by atoms with Gasteiger partial charge in [-0.05, 0) is 52.0 Å². The fraction of sp³-hybridized carbons (Fsp3) is 0.294. The van der Waals surface area contributed by atoms with Gasteiger partial charge in [-0.2, -0.15) is 8.42 Å². The van der Waals surface area contributed by atoms with E-state index in [0.717, 1.165) is 10.9 Å². The van der Waals surface area contributed by atoms with Gasteiger partial charge in [0.05, 0.1) is 7.11 Å². The van der Waals surface area contributed by atoms with Crippen molar-refractivity contribution in [2.24, 2.45) is 5.16 Å². The molecule has 0 bridgehead atoms. The second-order valence-electron chi connectivity index (χ2n) is 11.0. The molecule has 4 aromatic carbocycles. The maximum atomic E-state index is 14.0. The van der Waals surface area contributed by atoms with Crippen LogP contribution in [0.2, 0.25) is 0 Å². The molecule has 0 aromatic heterocycles. The summed E-state index contributed by atoms with van der Waals surface area (Å²) in [6, 6.07) is 23.4. The van der Waals surface area contributed by atoms with Gasteiger partial charge in [-0.15, -0.1) is 0 Å². The van der Waals surface area contributed by atoms with Gasteiger partial charge in [0.2, 0.25) is 5.78 Å². The number of methoxy groups -OCH3 is 1. The highest BCUT2D eigenvalue weighted by atomic mass is 32.2. The molecular weight excluding hydrogens is 534 g/mol. The molecule has 6 nitrogen and oxygen atoms in total. The van der Waals surface area contributed by atoms with Crippen molar-refractivity contribution >= 4 is 32.4 Å². The highest BCUT2D eigenvalue weighted by Crippen LogP contribution is 2.36. The third-order valence-corrected chi connectivity index (χ3v) is 8.41. The van der Waals surface area contributed by atoms with Crippen LogP contribution < -0.4 is 4.74 Å². The van der Waals surface area contributed by atoms with Crippen molar-refractivity contribution in [2.75, 3.05) is 7.11 Å². The molecule has 0 amide bonds. The number of hydrogen-bond donors (Lipinski definition) is 0. The van der Waals surface area contributed by atoms with Crippen LogP contribution in [-0.4, -0.2) is 27.0 Å². The van der Waals surface area contributed by atoms with Gasteiger partial charge in [0, 0.05) is 16.5 Å². The lowest BCUT2D eigenvalue weighted by Crippen LogP contribution is -2.19. The number of carbonyl (C=O) groups excluding carboxylic acids is 1. The molecule has 0 aliphatic heterocycles. The van der Waals surface area contributed by atoms with Crippen molar-refractivity contribution in [1.29, 1.82) is 0 Å². The Hall–Kier alpha value is -3.97. The summed E-state index contributed by atoms with van der Waals surface area (Å²) < 4.78 is 38.7. The zero-order valence-corrected chi connectivity index (χ0v) is 25.5. The summed E-state index contributed by atoms with van der Waals surface area (Å²) in [4.78, 5) is 14.2. The van der Waals surface area contributed by atoms with Gasteiger partial charge in [-0.3, -0.25) is 9.08 Å². The summed E-state index contributed by atoms with van der Waals surface area (Å²) in [6.07, 6.45) is 0. The number of fused-ring (bicyclic) bond motifs is 1. The Morgan fingerprint density at radius 1 is 0.732 bits per heavy atom. The Bertz CT molecular complexity index is 1680. The first-order valence-electron chi connectivity index (χ1n) is 13.8. The fourth-order valence-corrected chi connectivity index (χ4v) is 6.31. The minimum Gasteiger partial charge on any atom is -0.496 e. The second kappa shape index (κ2) is 12.3. The molecule has 4 aromatic rings. The number of ketones is 1. The number of ether oxygens (including phenoxy) is 1. The molecule has 0 fully saturated rings. The van der Waals surface area contributed by atoms with E-state index < -0.39 is 15.9 Å². The molecule has 0 aliphatic carbocycles. The van der Waals surface area contributed by atoms with Gasteiger partial charge >= 0.3 is 10.1 Å². The lowest BCUT2D eigenvalue weighted by molar-refractivity contribution is 0.106. The average Bonchev–Trinajstić information content (AvgIpc) is 2.96. The SMILES string of the molecule is COc1ccc(C(=O)/C(=N/OS(=O)(=O)c2c(C(C)C)cc(C(C)C)cc2C(C)C)c2ccccc2)c2ccccc12. The summed E-state index contributed by atoms with van der Waals surface area (Å²) in [5, 5.41) is 5.50. The van der Waals surface area contributed by atoms with Crippen LogP contribution >= 0.6 is 0 Å². The molecule has 214 valence electrons. The molecule has 4 rings (SSSR count). The third-order valence-electron chi connectivity index (χ3n) is 7.17. The Morgan fingerprint density at radius 3 is 1.83 bits per heavy atom. The van der Waals surface area contributed by atoms with E-state index in [2.05, 4.69) is 19.0 Å². The van der Waals surface area contributed by atoms with Crippen LogP contribution in [0, 0.1) is 0 Å². The van der Waals surface area contributed by atoms with Gasteiger partial charge in [0.25, 0.3) is 0 Å². The van der Waals surface area contributed by atoms with E-state index >= 15 is 0 Å². The number of nitrogens with zero attached hydrogens (tertiary/aromatic N) is 1. The average molecular weight is 572 g/mol. The number of Topliss-reactive ketones (excluding diaryl/α,β-unsaturated/α-hetero) is 1. The molecule has 41 heavy (non-hydrogen) atoms. The largest absolute Gasteiger partial charge is 0.496 e. The highest BCUT2D eigenvalue weighted by Gasteiger charge is 2.30. The van der Waals surface area contributed by atoms with Crippen molar-refractivity contribution in [3.8, 4) is 5.75 Å². The molecule has 0 N–H and O–H groups in total. The lowest BCUT2D eigenvalue weighted by Gasteiger charge is -2.21. The predicted octanol–water partition coefficient (Wildman–Crippen LogP) is 8.21. The van der Waals surface area contributed by atoms with Gasteiger partial charge in [-0.1, -0.05) is 113 Å². The topological polar surface area (TPSA) is 82.0 Å². The first-order valence-corrected chi connectivity index (χ1v) is 15.2. The molecule has 0 atom stereocenters. The van der Waals surface area contributed by atoms with Gasteiger partial charge in [0.1, 0.15) is 10.6 Å². The maximum absolute atomic E-state index is 14.0. The first-order chi connectivity index (χ1) is 19.5. The minimum absolute atomic E-state index is 0.0792. The van der Waals surface area contributed by atoms with E-state index in [1.54, 1.807) is 43.5 Å². The third kappa shape index (κ3) is 6.20. The molecular formula is C34H37NO5S. The summed E-state index contributed by atoms with van der Waals surface area (Å²) in [5.41, 5.74) is 3.09. The van der Waals surface area contributed by atoms with E-state index in [1.807, 2.05) is 70.2 Å². The van der Waals surface area contributed by atoms with Crippen molar-refractivity contribution in [2.45, 2.75) is 64.2 Å². The quantitative estimate of drug-likeness (QED) is 0.109. The summed E-state index contributed by atoms with van der Waals surface area (Å²) in [7, 11) is -2.81. The lowest BCUT2D eigenvalue weighted by atomic mass is 9.89. The summed E-state index contributed by atoms with van der Waals surface area (Å²) in [6.45, 7) is 12.0. The molecule has 0 unspecified atom stereocenters. The monoisotopic (exact) mass is 571 g/mol. The number of rotatable bonds is 10. The van der Waals surface area contributed by atoms with Crippen LogP contribution in [0.3, 0.4) is 0 Å². The zero-order valence-electron chi connectivity index (χ0n) is 24.6. The summed E-state index contributed by atoms with van der Waals surface area (Å²) in [5.74, 6) is 0.228. The molecule has 0 saturated carbocycles. The Labute approximate surface area is 243 Å². The first kappa shape index (κ1) is 30.0. The van der Waals surface area contributed by atoms with E-state index in [4.69, 9.17) is 9.02 Å². The van der Waals surface area contributed by atoms with Gasteiger partial charge in [-0.25, -0.2) is 0 Å². The van der Waals surface area contributed by atoms with Crippen molar-refractivity contribution in [3.63, 3.8) is 0 Å². The second-order valence-corrected chi connectivity index (χ2v) is 12.5. The molecule has 0 saturated heterocycles. The van der Waals surface area contributed by atoms with E-state index in [1.165, 1.54) is 0 Å². The number of hydrogen-bond acceptors (Lipinski definition) is 6. The normalized spacial score (nSPS) is 12.4.